The van der Waals surface area contributed by atoms with E-state index in [2.05, 4.69) is 10.6 Å². The summed E-state index contributed by atoms with van der Waals surface area (Å²) >= 11 is 5.93. The van der Waals surface area contributed by atoms with Crippen LogP contribution >= 0.6 is 11.6 Å². The smallest absolute Gasteiger partial charge is 0.271 e. The summed E-state index contributed by atoms with van der Waals surface area (Å²) in [7, 11) is 3.07. The lowest BCUT2D eigenvalue weighted by molar-refractivity contribution is -0.384. The molecule has 10 heteroatoms. The predicted octanol–water partition coefficient (Wildman–Crippen LogP) is 2.77. The number of anilines is 2. The Morgan fingerprint density at radius 3 is 2.46 bits per heavy atom. The minimum Gasteiger partial charge on any atom is -0.495 e. The highest BCUT2D eigenvalue weighted by Crippen LogP contribution is 2.27. The van der Waals surface area contributed by atoms with E-state index in [9.17, 15) is 19.7 Å². The fraction of sp³-hybridized carbons (Fsp3) is 0.222. The van der Waals surface area contributed by atoms with Crippen molar-refractivity contribution in [2.24, 2.45) is 0 Å². The van der Waals surface area contributed by atoms with Crippen molar-refractivity contribution in [2.75, 3.05) is 37.9 Å². The van der Waals surface area contributed by atoms with Crippen LogP contribution < -0.4 is 15.4 Å². The Hall–Kier alpha value is -3.17. The monoisotopic (exact) mass is 406 g/mol. The summed E-state index contributed by atoms with van der Waals surface area (Å²) in [6, 6.07) is 10.4. The lowest BCUT2D eigenvalue weighted by Crippen LogP contribution is -2.36. The van der Waals surface area contributed by atoms with E-state index in [1.807, 2.05) is 0 Å². The maximum Gasteiger partial charge on any atom is 0.271 e. The van der Waals surface area contributed by atoms with Gasteiger partial charge in [-0.05, 0) is 31.3 Å². The van der Waals surface area contributed by atoms with Gasteiger partial charge in [0, 0.05) is 22.8 Å². The second-order valence-electron chi connectivity index (χ2n) is 5.92. The van der Waals surface area contributed by atoms with Gasteiger partial charge in [-0.1, -0.05) is 17.7 Å². The highest BCUT2D eigenvalue weighted by atomic mass is 35.5. The van der Waals surface area contributed by atoms with Crippen LogP contribution in [0.25, 0.3) is 0 Å². The first-order chi connectivity index (χ1) is 13.3. The number of ether oxygens (including phenoxy) is 1. The molecule has 148 valence electrons. The van der Waals surface area contributed by atoms with Crippen LogP contribution in [-0.2, 0) is 9.59 Å². The number of nitro benzene ring substituents is 1. The van der Waals surface area contributed by atoms with Crippen molar-refractivity contribution in [3.63, 3.8) is 0 Å². The van der Waals surface area contributed by atoms with E-state index in [-0.39, 0.29) is 24.7 Å². The highest BCUT2D eigenvalue weighted by molar-refractivity contribution is 6.31. The molecule has 0 radical (unpaired) electrons. The number of nitrogens with one attached hydrogen (secondary N) is 2. The van der Waals surface area contributed by atoms with Gasteiger partial charge in [-0.25, -0.2) is 0 Å². The second kappa shape index (κ2) is 9.67. The van der Waals surface area contributed by atoms with Crippen LogP contribution in [0.3, 0.4) is 0 Å². The molecule has 0 bridgehead atoms. The molecule has 0 aromatic heterocycles. The molecular weight excluding hydrogens is 388 g/mol. The molecule has 2 amide bonds. The Morgan fingerprint density at radius 2 is 1.82 bits per heavy atom. The summed E-state index contributed by atoms with van der Waals surface area (Å²) in [4.78, 5) is 36.0. The van der Waals surface area contributed by atoms with Gasteiger partial charge in [0.15, 0.2) is 0 Å². The van der Waals surface area contributed by atoms with Crippen molar-refractivity contribution in [1.29, 1.82) is 0 Å². The van der Waals surface area contributed by atoms with Crippen molar-refractivity contribution >= 4 is 40.5 Å². The normalized spacial score (nSPS) is 10.4. The van der Waals surface area contributed by atoms with E-state index in [0.29, 0.717) is 22.1 Å². The molecule has 2 aromatic rings. The van der Waals surface area contributed by atoms with Crippen molar-refractivity contribution in [3.05, 3.63) is 57.6 Å². The molecule has 0 saturated heterocycles. The summed E-state index contributed by atoms with van der Waals surface area (Å²) in [6.45, 7) is -0.138. The van der Waals surface area contributed by atoms with Gasteiger partial charge in [-0.15, -0.1) is 0 Å². The summed E-state index contributed by atoms with van der Waals surface area (Å²) < 4.78 is 5.16. The molecule has 0 aliphatic carbocycles. The third-order valence-electron chi connectivity index (χ3n) is 3.60. The maximum atomic E-state index is 12.2. The lowest BCUT2D eigenvalue weighted by Gasteiger charge is -2.17. The number of halogens is 1. The Labute approximate surface area is 166 Å². The number of hydrogen-bond acceptors (Lipinski definition) is 6. The van der Waals surface area contributed by atoms with E-state index >= 15 is 0 Å². The van der Waals surface area contributed by atoms with Crippen LogP contribution in [0.4, 0.5) is 17.1 Å². The molecule has 0 fully saturated rings. The van der Waals surface area contributed by atoms with Crippen LogP contribution in [0, 0.1) is 10.1 Å². The van der Waals surface area contributed by atoms with Crippen LogP contribution in [0.15, 0.2) is 42.5 Å². The third kappa shape index (κ3) is 6.22. The Kier molecular flexibility index (Phi) is 7.30. The van der Waals surface area contributed by atoms with Crippen LogP contribution in [0.2, 0.25) is 5.02 Å². The highest BCUT2D eigenvalue weighted by Gasteiger charge is 2.14. The van der Waals surface area contributed by atoms with Gasteiger partial charge in [0.2, 0.25) is 11.8 Å². The number of non-ortho nitro benzene ring substituents is 1. The number of methoxy groups -OCH3 is 1. The molecule has 2 N–H and O–H groups in total. The van der Waals surface area contributed by atoms with Crippen molar-refractivity contribution < 1.29 is 19.2 Å². The van der Waals surface area contributed by atoms with E-state index in [1.165, 1.54) is 30.2 Å². The van der Waals surface area contributed by atoms with Crippen LogP contribution in [0.1, 0.15) is 0 Å². The standard InChI is InChI=1S/C18H19ClN4O5/c1-22(10-17(24)20-13-4-3-5-14(9-13)23(26)27)11-18(25)21-15-8-12(19)6-7-16(15)28-2/h3-9H,10-11H2,1-2H3,(H,20,24)(H,21,25). The van der Waals surface area contributed by atoms with Gasteiger partial charge in [0.05, 0.1) is 30.8 Å². The van der Waals surface area contributed by atoms with Gasteiger partial charge in [0.1, 0.15) is 5.75 Å². The quantitative estimate of drug-likeness (QED) is 0.514. The van der Waals surface area contributed by atoms with Crippen molar-refractivity contribution in [2.45, 2.75) is 0 Å². The molecule has 28 heavy (non-hydrogen) atoms. The third-order valence-corrected chi connectivity index (χ3v) is 3.84. The molecule has 0 atom stereocenters. The van der Waals surface area contributed by atoms with Gasteiger partial charge in [-0.2, -0.15) is 0 Å². The molecule has 9 nitrogen and oxygen atoms in total. The number of carbonyl (C=O) groups is 2. The number of carbonyl (C=O) groups excluding carboxylic acids is 2. The maximum absolute atomic E-state index is 12.2. The molecule has 2 rings (SSSR count). The van der Waals surface area contributed by atoms with Crippen LogP contribution in [0.5, 0.6) is 5.75 Å². The Morgan fingerprint density at radius 1 is 1.14 bits per heavy atom. The first-order valence-corrected chi connectivity index (χ1v) is 8.52. The lowest BCUT2D eigenvalue weighted by atomic mass is 10.2. The van der Waals surface area contributed by atoms with E-state index in [4.69, 9.17) is 16.3 Å². The average molecular weight is 407 g/mol. The zero-order chi connectivity index (χ0) is 20.7. The first-order valence-electron chi connectivity index (χ1n) is 8.14. The number of benzene rings is 2. The summed E-state index contributed by atoms with van der Waals surface area (Å²) in [5, 5.41) is 16.5. The topological polar surface area (TPSA) is 114 Å². The summed E-state index contributed by atoms with van der Waals surface area (Å²) in [6.07, 6.45) is 0. The van der Waals surface area contributed by atoms with Crippen LogP contribution in [-0.4, -0.2) is 48.9 Å². The Balaban J connectivity index is 1.89. The summed E-state index contributed by atoms with van der Waals surface area (Å²) in [5.74, 6) is -0.300. The summed E-state index contributed by atoms with van der Waals surface area (Å²) in [5.41, 5.74) is 0.608. The number of nitrogens with zero attached hydrogens (tertiary/aromatic N) is 2. The number of nitro groups is 1. The predicted molar refractivity (Wildman–Crippen MR) is 106 cm³/mol. The van der Waals surface area contributed by atoms with E-state index < -0.39 is 10.8 Å². The van der Waals surface area contributed by atoms with E-state index in [1.54, 1.807) is 31.3 Å². The van der Waals surface area contributed by atoms with E-state index in [0.717, 1.165) is 0 Å². The number of amides is 2. The van der Waals surface area contributed by atoms with Crippen molar-refractivity contribution in [3.8, 4) is 5.75 Å². The van der Waals surface area contributed by atoms with Gasteiger partial charge >= 0.3 is 0 Å². The average Bonchev–Trinajstić information content (AvgIpc) is 2.61. The fourth-order valence-corrected chi connectivity index (χ4v) is 2.58. The molecule has 0 heterocycles. The molecule has 0 spiro atoms. The SMILES string of the molecule is COc1ccc(Cl)cc1NC(=O)CN(C)CC(=O)Nc1cccc([N+](=O)[O-])c1. The molecule has 0 aliphatic rings. The fourth-order valence-electron chi connectivity index (χ4n) is 2.41. The van der Waals surface area contributed by atoms with Gasteiger partial charge < -0.3 is 15.4 Å². The Bertz CT molecular complexity index is 890. The number of likely N-dealkylation sites (N-methyl/N-ethyl adjacent to an activating group) is 1. The van der Waals surface area contributed by atoms with Crippen molar-refractivity contribution in [1.82, 2.24) is 4.90 Å². The zero-order valence-electron chi connectivity index (χ0n) is 15.3. The number of rotatable bonds is 8. The zero-order valence-corrected chi connectivity index (χ0v) is 16.0. The molecule has 2 aromatic carbocycles. The first kappa shape index (κ1) is 21.1. The second-order valence-corrected chi connectivity index (χ2v) is 6.36. The molecule has 0 aliphatic heterocycles. The largest absolute Gasteiger partial charge is 0.495 e. The molecule has 0 unspecified atom stereocenters. The molecular formula is C18H19ClN4O5. The van der Waals surface area contributed by atoms with Gasteiger partial charge in [0.25, 0.3) is 5.69 Å². The minimum absolute atomic E-state index is 0.0575. The number of hydrogen-bond donors (Lipinski definition) is 2. The molecule has 0 saturated carbocycles. The minimum atomic E-state index is -0.545. The van der Waals surface area contributed by atoms with Gasteiger partial charge in [-0.3, -0.25) is 24.6 Å².